The second-order valence-electron chi connectivity index (χ2n) is 4.19. The van der Waals surface area contributed by atoms with Crippen molar-refractivity contribution in [3.63, 3.8) is 0 Å². The molecule has 1 aromatic heterocycles. The van der Waals surface area contributed by atoms with Crippen LogP contribution in [-0.4, -0.2) is 49.3 Å². The van der Waals surface area contributed by atoms with Crippen LogP contribution in [0.1, 0.15) is 6.23 Å². The molecule has 1 aliphatic heterocycles. The average Bonchev–Trinajstić information content (AvgIpc) is 2.63. The molecule has 0 radical (unpaired) electrons. The largest absolute Gasteiger partial charge is 0.394 e. The summed E-state index contributed by atoms with van der Waals surface area (Å²) in [6, 6.07) is 0. The Kier molecular flexibility index (Phi) is 3.94. The summed E-state index contributed by atoms with van der Waals surface area (Å²) in [7, 11) is 0. The first kappa shape index (κ1) is 14.7. The van der Waals surface area contributed by atoms with Gasteiger partial charge < -0.3 is 20.7 Å². The van der Waals surface area contributed by atoms with Gasteiger partial charge in [0.05, 0.1) is 6.61 Å². The maximum atomic E-state index is 11.7. The number of aliphatic hydroxyl groups excluding tert-OH is 2. The molecule has 0 aliphatic carbocycles. The van der Waals surface area contributed by atoms with E-state index < -0.39 is 41.8 Å². The SMILES string of the molecule is N[C@]1(C#CCl)C(O)[C@@H](CO)O[C@H]1n1ncc(=O)[nH]c1=O. The van der Waals surface area contributed by atoms with Gasteiger partial charge in [0.1, 0.15) is 18.4 Å². The highest BCUT2D eigenvalue weighted by Crippen LogP contribution is 2.34. The van der Waals surface area contributed by atoms with E-state index in [1.165, 1.54) is 0 Å². The number of aromatic amines is 1. The Hall–Kier alpha value is -1.70. The molecule has 0 saturated carbocycles. The van der Waals surface area contributed by atoms with Crippen LogP contribution < -0.4 is 17.0 Å². The van der Waals surface area contributed by atoms with E-state index in [4.69, 9.17) is 27.2 Å². The van der Waals surface area contributed by atoms with Gasteiger partial charge in [-0.2, -0.15) is 9.78 Å². The molecule has 1 unspecified atom stereocenters. The van der Waals surface area contributed by atoms with Gasteiger partial charge in [-0.15, -0.1) is 0 Å². The number of hydrogen-bond acceptors (Lipinski definition) is 7. The summed E-state index contributed by atoms with van der Waals surface area (Å²) in [6.45, 7) is -0.543. The Balaban J connectivity index is 2.55. The van der Waals surface area contributed by atoms with Crippen molar-refractivity contribution in [1.82, 2.24) is 14.8 Å². The number of ether oxygens (including phenoxy) is 1. The van der Waals surface area contributed by atoms with Crippen LogP contribution in [0.15, 0.2) is 15.8 Å². The van der Waals surface area contributed by atoms with Gasteiger partial charge in [0.2, 0.25) is 0 Å². The fourth-order valence-electron chi connectivity index (χ4n) is 1.96. The number of nitrogens with one attached hydrogen (secondary N) is 1. The zero-order valence-electron chi connectivity index (χ0n) is 9.99. The minimum Gasteiger partial charge on any atom is -0.394 e. The molecular weight excluding hydrogens is 292 g/mol. The Bertz CT molecular complexity index is 676. The fourth-order valence-corrected chi connectivity index (χ4v) is 2.12. The smallest absolute Gasteiger partial charge is 0.347 e. The highest BCUT2D eigenvalue weighted by molar-refractivity contribution is 6.30. The molecule has 0 spiro atoms. The second-order valence-corrected chi connectivity index (χ2v) is 4.38. The number of nitrogens with two attached hydrogens (primary N) is 1. The van der Waals surface area contributed by atoms with Crippen molar-refractivity contribution in [1.29, 1.82) is 0 Å². The van der Waals surface area contributed by atoms with E-state index in [1.807, 2.05) is 10.4 Å². The standard InChI is InChI=1S/C10H11ClN4O5/c11-2-1-10(12)7(18)5(4-16)20-8(10)15-9(19)14-6(17)3-13-15/h3,5,7-8,16,18H,4,12H2,(H,14,17,19)/t5-,7?,8-,10-/m1/s1. The first-order valence-corrected chi connectivity index (χ1v) is 5.86. The molecule has 4 atom stereocenters. The first-order valence-electron chi connectivity index (χ1n) is 5.48. The van der Waals surface area contributed by atoms with Gasteiger partial charge in [0.25, 0.3) is 5.56 Å². The van der Waals surface area contributed by atoms with Crippen molar-refractivity contribution in [2.24, 2.45) is 5.73 Å². The Morgan fingerprint density at radius 1 is 1.65 bits per heavy atom. The lowest BCUT2D eigenvalue weighted by atomic mass is 9.92. The number of hydrogen-bond donors (Lipinski definition) is 4. The van der Waals surface area contributed by atoms with Gasteiger partial charge in [0.15, 0.2) is 11.8 Å². The minimum atomic E-state index is -1.76. The lowest BCUT2D eigenvalue weighted by molar-refractivity contribution is -0.0530. The third-order valence-electron chi connectivity index (χ3n) is 2.96. The lowest BCUT2D eigenvalue weighted by Gasteiger charge is -2.26. The highest BCUT2D eigenvalue weighted by Gasteiger charge is 2.55. The number of halogens is 1. The molecule has 0 amide bonds. The zero-order chi connectivity index (χ0) is 14.9. The van der Waals surface area contributed by atoms with E-state index in [0.29, 0.717) is 0 Å². The highest BCUT2D eigenvalue weighted by atomic mass is 35.5. The molecule has 20 heavy (non-hydrogen) atoms. The topological polar surface area (TPSA) is 143 Å². The molecule has 1 aromatic rings. The number of aromatic nitrogens is 3. The van der Waals surface area contributed by atoms with Crippen molar-refractivity contribution in [3.8, 4) is 11.3 Å². The second kappa shape index (κ2) is 5.35. The summed E-state index contributed by atoms with van der Waals surface area (Å²) in [6.07, 6.45) is -2.93. The van der Waals surface area contributed by atoms with Crippen LogP contribution in [0.3, 0.4) is 0 Å². The minimum absolute atomic E-state index is 0.543. The molecule has 108 valence electrons. The predicted octanol–water partition coefficient (Wildman–Crippen LogP) is -2.92. The van der Waals surface area contributed by atoms with E-state index >= 15 is 0 Å². The maximum absolute atomic E-state index is 11.7. The van der Waals surface area contributed by atoms with E-state index in [1.54, 1.807) is 0 Å². The number of nitrogens with zero attached hydrogens (tertiary/aromatic N) is 2. The monoisotopic (exact) mass is 302 g/mol. The quantitative estimate of drug-likeness (QED) is 0.428. The van der Waals surface area contributed by atoms with Gasteiger partial charge in [-0.25, -0.2) is 4.79 Å². The van der Waals surface area contributed by atoms with Crippen LogP contribution in [0.5, 0.6) is 0 Å². The summed E-state index contributed by atoms with van der Waals surface area (Å²) >= 11 is 5.31. The van der Waals surface area contributed by atoms with Crippen molar-refractivity contribution < 1.29 is 14.9 Å². The summed E-state index contributed by atoms with van der Waals surface area (Å²) in [4.78, 5) is 24.7. The van der Waals surface area contributed by atoms with Crippen molar-refractivity contribution in [2.45, 2.75) is 24.0 Å². The summed E-state index contributed by atoms with van der Waals surface area (Å²) < 4.78 is 6.01. The van der Waals surface area contributed by atoms with Crippen LogP contribution >= 0.6 is 11.6 Å². The zero-order valence-corrected chi connectivity index (χ0v) is 10.7. The molecule has 2 heterocycles. The van der Waals surface area contributed by atoms with Crippen molar-refractivity contribution in [3.05, 3.63) is 27.0 Å². The molecule has 0 bridgehead atoms. The lowest BCUT2D eigenvalue weighted by Crippen LogP contribution is -2.55. The molecule has 9 nitrogen and oxygen atoms in total. The molecule has 5 N–H and O–H groups in total. The Morgan fingerprint density at radius 2 is 2.35 bits per heavy atom. The summed E-state index contributed by atoms with van der Waals surface area (Å²) in [5.41, 5.74) is 2.58. The molecule has 1 aliphatic rings. The van der Waals surface area contributed by atoms with E-state index in [9.17, 15) is 14.7 Å². The summed E-state index contributed by atoms with van der Waals surface area (Å²) in [5, 5.41) is 24.8. The van der Waals surface area contributed by atoms with Gasteiger partial charge in [0, 0.05) is 5.38 Å². The van der Waals surface area contributed by atoms with Crippen LogP contribution in [0.2, 0.25) is 0 Å². The average molecular weight is 303 g/mol. The van der Waals surface area contributed by atoms with E-state index in [2.05, 4.69) is 11.0 Å². The van der Waals surface area contributed by atoms with Gasteiger partial charge in [-0.05, 0) is 11.6 Å². The molecule has 10 heteroatoms. The van der Waals surface area contributed by atoms with Crippen molar-refractivity contribution in [2.75, 3.05) is 6.61 Å². The van der Waals surface area contributed by atoms with Gasteiger partial charge >= 0.3 is 5.69 Å². The Labute approximate surface area is 116 Å². The van der Waals surface area contributed by atoms with Gasteiger partial charge in [-0.3, -0.25) is 9.78 Å². The first-order chi connectivity index (χ1) is 9.43. The number of rotatable bonds is 2. The molecule has 1 fully saturated rings. The third kappa shape index (κ3) is 2.24. The van der Waals surface area contributed by atoms with E-state index in [0.717, 1.165) is 10.9 Å². The maximum Gasteiger partial charge on any atom is 0.347 e. The van der Waals surface area contributed by atoms with Crippen molar-refractivity contribution >= 4 is 11.6 Å². The molecule has 2 rings (SSSR count). The number of H-pyrrole nitrogens is 1. The predicted molar refractivity (Wildman–Crippen MR) is 66.7 cm³/mol. The normalized spacial score (nSPS) is 32.7. The fraction of sp³-hybridized carbons (Fsp3) is 0.500. The van der Waals surface area contributed by atoms with Crippen LogP contribution in [0, 0.1) is 11.3 Å². The van der Waals surface area contributed by atoms with Crippen LogP contribution in [0.4, 0.5) is 0 Å². The molecular formula is C10H11ClN4O5. The summed E-state index contributed by atoms with van der Waals surface area (Å²) in [5.74, 6) is 2.34. The van der Waals surface area contributed by atoms with Gasteiger partial charge in [-0.1, -0.05) is 5.92 Å². The van der Waals surface area contributed by atoms with Crippen LogP contribution in [-0.2, 0) is 4.74 Å². The third-order valence-corrected chi connectivity index (χ3v) is 3.05. The van der Waals surface area contributed by atoms with E-state index in [-0.39, 0.29) is 0 Å². The number of aliphatic hydroxyl groups is 2. The molecule has 0 aromatic carbocycles. The molecule has 1 saturated heterocycles. The Morgan fingerprint density at radius 3 is 2.90 bits per heavy atom. The van der Waals surface area contributed by atoms with Crippen LogP contribution in [0.25, 0.3) is 0 Å².